The summed E-state index contributed by atoms with van der Waals surface area (Å²) >= 11 is 0. The lowest BCUT2D eigenvalue weighted by Crippen LogP contribution is -2.42. The Morgan fingerprint density at radius 1 is 1.14 bits per heavy atom. The predicted octanol–water partition coefficient (Wildman–Crippen LogP) is 3.97. The van der Waals surface area contributed by atoms with E-state index in [0.29, 0.717) is 0 Å². The second kappa shape index (κ2) is 7.69. The molecule has 2 rings (SSSR count). The highest BCUT2D eigenvalue weighted by Gasteiger charge is 2.13. The minimum Gasteiger partial charge on any atom is -0.469 e. The van der Waals surface area contributed by atoms with Gasteiger partial charge in [0.25, 0.3) is 0 Å². The second-order valence-corrected chi connectivity index (χ2v) is 5.72. The number of urea groups is 1. The fourth-order valence-electron chi connectivity index (χ4n) is 2.50. The van der Waals surface area contributed by atoms with Gasteiger partial charge >= 0.3 is 6.03 Å². The van der Waals surface area contributed by atoms with E-state index in [9.17, 15) is 4.79 Å². The average molecular weight is 300 g/mol. The van der Waals surface area contributed by atoms with Crippen LogP contribution in [0.5, 0.6) is 0 Å². The lowest BCUT2D eigenvalue weighted by atomic mass is 10.0. The van der Waals surface area contributed by atoms with Crippen molar-refractivity contribution in [3.8, 4) is 0 Å². The Bertz CT molecular complexity index is 593. The Balaban J connectivity index is 1.78. The maximum absolute atomic E-state index is 12.1. The molecule has 4 nitrogen and oxygen atoms in total. The number of hydrogen-bond acceptors (Lipinski definition) is 2. The van der Waals surface area contributed by atoms with E-state index < -0.39 is 0 Å². The van der Waals surface area contributed by atoms with Crippen LogP contribution in [0.15, 0.2) is 47.1 Å². The van der Waals surface area contributed by atoms with Crippen molar-refractivity contribution < 1.29 is 9.21 Å². The highest BCUT2D eigenvalue weighted by atomic mass is 16.3. The number of benzene rings is 1. The molecule has 1 aromatic carbocycles. The molecule has 2 amide bonds. The van der Waals surface area contributed by atoms with Gasteiger partial charge in [-0.25, -0.2) is 4.79 Å². The molecule has 2 N–H and O–H groups in total. The molecule has 0 aliphatic rings. The van der Waals surface area contributed by atoms with Crippen molar-refractivity contribution in [2.45, 2.75) is 45.7 Å². The van der Waals surface area contributed by atoms with Crippen LogP contribution in [-0.4, -0.2) is 12.1 Å². The molecule has 0 bridgehead atoms. The van der Waals surface area contributed by atoms with Crippen LogP contribution in [0, 0.1) is 6.92 Å². The lowest BCUT2D eigenvalue weighted by Gasteiger charge is -2.19. The highest BCUT2D eigenvalue weighted by Crippen LogP contribution is 2.16. The van der Waals surface area contributed by atoms with Gasteiger partial charge in [0, 0.05) is 12.5 Å². The molecular formula is C18H24N2O2. The van der Waals surface area contributed by atoms with Crippen LogP contribution in [-0.2, 0) is 6.42 Å². The van der Waals surface area contributed by atoms with Crippen molar-refractivity contribution in [2.75, 3.05) is 0 Å². The molecule has 2 aromatic rings. The van der Waals surface area contributed by atoms with E-state index in [1.54, 1.807) is 6.26 Å². The van der Waals surface area contributed by atoms with Crippen molar-refractivity contribution in [2.24, 2.45) is 0 Å². The van der Waals surface area contributed by atoms with Crippen molar-refractivity contribution >= 4 is 6.03 Å². The molecule has 0 radical (unpaired) electrons. The molecule has 4 heteroatoms. The molecule has 2 atom stereocenters. The first-order chi connectivity index (χ1) is 10.6. The van der Waals surface area contributed by atoms with Crippen molar-refractivity contribution in [1.82, 2.24) is 10.6 Å². The molecule has 1 heterocycles. The fraction of sp³-hybridized carbons (Fsp3) is 0.389. The molecule has 0 saturated heterocycles. The lowest BCUT2D eigenvalue weighted by molar-refractivity contribution is 0.234. The SMILES string of the molecule is Cc1ccccc1[C@H](C)NC(=O)N[C@@H](C)CCc1ccco1. The monoisotopic (exact) mass is 300 g/mol. The summed E-state index contributed by atoms with van der Waals surface area (Å²) < 4.78 is 5.30. The van der Waals surface area contributed by atoms with E-state index in [1.165, 1.54) is 5.56 Å². The van der Waals surface area contributed by atoms with Crippen LogP contribution in [0.3, 0.4) is 0 Å². The van der Waals surface area contributed by atoms with Gasteiger partial charge in [0.05, 0.1) is 12.3 Å². The van der Waals surface area contributed by atoms with Gasteiger partial charge < -0.3 is 15.1 Å². The zero-order valence-corrected chi connectivity index (χ0v) is 13.4. The van der Waals surface area contributed by atoms with E-state index in [2.05, 4.69) is 23.6 Å². The Morgan fingerprint density at radius 2 is 1.91 bits per heavy atom. The molecule has 0 fully saturated rings. The molecule has 0 saturated carbocycles. The molecule has 0 aliphatic carbocycles. The number of rotatable bonds is 6. The first-order valence-electron chi connectivity index (χ1n) is 7.71. The highest BCUT2D eigenvalue weighted by molar-refractivity contribution is 5.74. The summed E-state index contributed by atoms with van der Waals surface area (Å²) in [6.07, 6.45) is 3.34. The van der Waals surface area contributed by atoms with Gasteiger partial charge in [-0.2, -0.15) is 0 Å². The maximum atomic E-state index is 12.1. The first-order valence-corrected chi connectivity index (χ1v) is 7.71. The van der Waals surface area contributed by atoms with E-state index in [1.807, 2.05) is 44.2 Å². The van der Waals surface area contributed by atoms with Gasteiger partial charge in [-0.1, -0.05) is 24.3 Å². The Morgan fingerprint density at radius 3 is 2.59 bits per heavy atom. The Hall–Kier alpha value is -2.23. The second-order valence-electron chi connectivity index (χ2n) is 5.72. The maximum Gasteiger partial charge on any atom is 0.315 e. The summed E-state index contributed by atoms with van der Waals surface area (Å²) in [4.78, 5) is 12.1. The summed E-state index contributed by atoms with van der Waals surface area (Å²) in [6, 6.07) is 11.9. The molecule has 1 aromatic heterocycles. The quantitative estimate of drug-likeness (QED) is 0.848. The van der Waals surface area contributed by atoms with Crippen molar-refractivity contribution in [1.29, 1.82) is 0 Å². The van der Waals surface area contributed by atoms with Gasteiger partial charge in [0.2, 0.25) is 0 Å². The number of aryl methyl sites for hydroxylation is 2. The minimum atomic E-state index is -0.136. The Kier molecular flexibility index (Phi) is 5.64. The van der Waals surface area contributed by atoms with Crippen LogP contribution in [0.2, 0.25) is 0 Å². The van der Waals surface area contributed by atoms with Gasteiger partial charge in [-0.3, -0.25) is 0 Å². The topological polar surface area (TPSA) is 54.3 Å². The molecule has 22 heavy (non-hydrogen) atoms. The number of furan rings is 1. The number of carbonyl (C=O) groups is 1. The fourth-order valence-corrected chi connectivity index (χ4v) is 2.50. The smallest absolute Gasteiger partial charge is 0.315 e. The first kappa shape index (κ1) is 16.1. The van der Waals surface area contributed by atoms with Crippen LogP contribution >= 0.6 is 0 Å². The molecular weight excluding hydrogens is 276 g/mol. The number of amides is 2. The van der Waals surface area contributed by atoms with E-state index in [0.717, 1.165) is 24.2 Å². The third-order valence-corrected chi connectivity index (χ3v) is 3.78. The van der Waals surface area contributed by atoms with Crippen molar-refractivity contribution in [3.63, 3.8) is 0 Å². The van der Waals surface area contributed by atoms with Crippen molar-refractivity contribution in [3.05, 3.63) is 59.5 Å². The standard InChI is InChI=1S/C18H24N2O2/c1-13-7-4-5-9-17(13)15(3)20-18(21)19-14(2)10-11-16-8-6-12-22-16/h4-9,12,14-15H,10-11H2,1-3H3,(H2,19,20,21)/t14-,15-/m0/s1. The van der Waals surface area contributed by atoms with Crippen LogP contribution in [0.4, 0.5) is 4.79 Å². The summed E-state index contributed by atoms with van der Waals surface area (Å²) in [5, 5.41) is 5.96. The van der Waals surface area contributed by atoms with Gasteiger partial charge in [-0.15, -0.1) is 0 Å². The van der Waals surface area contributed by atoms with Gasteiger partial charge in [0.15, 0.2) is 0 Å². The van der Waals surface area contributed by atoms with E-state index >= 15 is 0 Å². The van der Waals surface area contributed by atoms with Gasteiger partial charge in [-0.05, 0) is 50.5 Å². The van der Waals surface area contributed by atoms with Crippen LogP contribution in [0.25, 0.3) is 0 Å². The van der Waals surface area contributed by atoms with Crippen LogP contribution in [0.1, 0.15) is 43.2 Å². The zero-order chi connectivity index (χ0) is 15.9. The normalized spacial score (nSPS) is 13.4. The summed E-state index contributed by atoms with van der Waals surface area (Å²) in [5.74, 6) is 0.947. The summed E-state index contributed by atoms with van der Waals surface area (Å²) in [5.41, 5.74) is 2.32. The predicted molar refractivity (Wildman–Crippen MR) is 87.8 cm³/mol. The largest absolute Gasteiger partial charge is 0.469 e. The van der Waals surface area contributed by atoms with Gasteiger partial charge in [0.1, 0.15) is 5.76 Å². The molecule has 0 aliphatic heterocycles. The minimum absolute atomic E-state index is 0.0153. The third-order valence-electron chi connectivity index (χ3n) is 3.78. The number of carbonyl (C=O) groups excluding carboxylic acids is 1. The molecule has 0 spiro atoms. The summed E-state index contributed by atoms with van der Waals surface area (Å²) in [7, 11) is 0. The number of hydrogen-bond donors (Lipinski definition) is 2. The average Bonchev–Trinajstić information content (AvgIpc) is 2.98. The van der Waals surface area contributed by atoms with E-state index in [-0.39, 0.29) is 18.1 Å². The molecule has 0 unspecified atom stereocenters. The molecule has 118 valence electrons. The zero-order valence-electron chi connectivity index (χ0n) is 13.4. The number of nitrogens with one attached hydrogen (secondary N) is 2. The third kappa shape index (κ3) is 4.65. The summed E-state index contributed by atoms with van der Waals surface area (Å²) in [6.45, 7) is 6.05. The Labute approximate surface area is 131 Å². The van der Waals surface area contributed by atoms with Crippen LogP contribution < -0.4 is 10.6 Å². The van der Waals surface area contributed by atoms with E-state index in [4.69, 9.17) is 4.42 Å².